The van der Waals surface area contributed by atoms with E-state index in [1.54, 1.807) is 17.1 Å². The Hall–Kier alpha value is -2.41. The number of fused-ring (bicyclic) bond motifs is 2. The summed E-state index contributed by atoms with van der Waals surface area (Å²) in [6.45, 7) is 2.06. The normalized spacial score (nSPS) is 12.8. The Morgan fingerprint density at radius 1 is 1.18 bits per heavy atom. The molecule has 3 aromatic heterocycles. The number of halogens is 1. The quantitative estimate of drug-likeness (QED) is 0.553. The summed E-state index contributed by atoms with van der Waals surface area (Å²) in [5.41, 5.74) is 3.30. The molecule has 3 heterocycles. The zero-order chi connectivity index (χ0) is 15.1. The van der Waals surface area contributed by atoms with Gasteiger partial charge in [0.1, 0.15) is 4.60 Å². The summed E-state index contributed by atoms with van der Waals surface area (Å²) in [7, 11) is 0. The predicted molar refractivity (Wildman–Crippen MR) is 86.4 cm³/mol. The molecule has 0 bridgehead atoms. The molecule has 0 aliphatic carbocycles. The van der Waals surface area contributed by atoms with Crippen molar-refractivity contribution in [3.05, 3.63) is 52.9 Å². The second-order valence-electron chi connectivity index (χ2n) is 5.01. The van der Waals surface area contributed by atoms with Crippen LogP contribution in [0.3, 0.4) is 0 Å². The smallest absolute Gasteiger partial charge is 0.221 e. The van der Waals surface area contributed by atoms with Crippen molar-refractivity contribution >= 4 is 38.1 Å². The van der Waals surface area contributed by atoms with Crippen molar-refractivity contribution in [1.29, 1.82) is 0 Å². The molecule has 0 aliphatic heterocycles. The van der Waals surface area contributed by atoms with Gasteiger partial charge in [-0.1, -0.05) is 17.3 Å². The number of benzene rings is 1. The summed E-state index contributed by atoms with van der Waals surface area (Å²) < 4.78 is 2.45. The molecule has 0 saturated heterocycles. The molecule has 0 saturated carbocycles. The van der Waals surface area contributed by atoms with Crippen LogP contribution in [-0.4, -0.2) is 29.9 Å². The van der Waals surface area contributed by atoms with Gasteiger partial charge in [0.15, 0.2) is 5.65 Å². The minimum Gasteiger partial charge on any atom is -0.256 e. The third-order valence-corrected chi connectivity index (χ3v) is 4.02. The van der Waals surface area contributed by atoms with E-state index in [4.69, 9.17) is 0 Å². The first-order valence-corrected chi connectivity index (χ1v) is 7.60. The fourth-order valence-electron chi connectivity index (χ4n) is 2.47. The van der Waals surface area contributed by atoms with E-state index in [1.165, 1.54) is 0 Å². The van der Waals surface area contributed by atoms with Gasteiger partial charge in [-0.2, -0.15) is 0 Å². The Kier molecular flexibility index (Phi) is 3.07. The third-order valence-electron chi connectivity index (χ3n) is 3.64. The molecule has 0 spiro atoms. The molecule has 0 fully saturated rings. The molecular formula is C15H11BrN6. The van der Waals surface area contributed by atoms with Crippen LogP contribution in [-0.2, 0) is 0 Å². The standard InChI is InChI=1S/C15H11BrN6/c1-9(10-4-5-12-11(7-10)3-2-6-17-12)22-15-14(20-21-22)18-8-13(16)19-15/h2-9H,1H3. The van der Waals surface area contributed by atoms with Gasteiger partial charge in [-0.3, -0.25) is 4.98 Å². The number of aromatic nitrogens is 6. The second kappa shape index (κ2) is 5.10. The largest absolute Gasteiger partial charge is 0.256 e. The Labute approximate surface area is 134 Å². The Bertz CT molecular complexity index is 980. The van der Waals surface area contributed by atoms with Crippen molar-refractivity contribution < 1.29 is 0 Å². The predicted octanol–water partition coefficient (Wildman–Crippen LogP) is 3.14. The highest BCUT2D eigenvalue weighted by atomic mass is 79.9. The topological polar surface area (TPSA) is 69.4 Å². The van der Waals surface area contributed by atoms with Gasteiger partial charge in [0, 0.05) is 11.6 Å². The van der Waals surface area contributed by atoms with Crippen LogP contribution in [0.25, 0.3) is 22.2 Å². The van der Waals surface area contributed by atoms with Crippen LogP contribution in [0.5, 0.6) is 0 Å². The SMILES string of the molecule is CC(c1ccc2ncccc2c1)n1nnc2ncc(Br)nc21. The lowest BCUT2D eigenvalue weighted by atomic mass is 10.1. The Morgan fingerprint density at radius 3 is 3.00 bits per heavy atom. The van der Waals surface area contributed by atoms with Gasteiger partial charge in [-0.05, 0) is 46.6 Å². The summed E-state index contributed by atoms with van der Waals surface area (Å²) in [5.74, 6) is 0. The van der Waals surface area contributed by atoms with E-state index in [-0.39, 0.29) is 6.04 Å². The third kappa shape index (κ3) is 2.14. The summed E-state index contributed by atoms with van der Waals surface area (Å²) in [6.07, 6.45) is 3.41. The van der Waals surface area contributed by atoms with Gasteiger partial charge in [0.25, 0.3) is 0 Å². The molecule has 0 N–H and O–H groups in total. The number of nitrogens with zero attached hydrogens (tertiary/aromatic N) is 6. The molecule has 1 unspecified atom stereocenters. The maximum Gasteiger partial charge on any atom is 0.221 e. The lowest BCUT2D eigenvalue weighted by Gasteiger charge is -2.13. The monoisotopic (exact) mass is 354 g/mol. The van der Waals surface area contributed by atoms with E-state index in [0.29, 0.717) is 15.9 Å². The van der Waals surface area contributed by atoms with Crippen molar-refractivity contribution in [1.82, 2.24) is 29.9 Å². The average molecular weight is 355 g/mol. The second-order valence-corrected chi connectivity index (χ2v) is 5.82. The van der Waals surface area contributed by atoms with Crippen molar-refractivity contribution in [2.45, 2.75) is 13.0 Å². The van der Waals surface area contributed by atoms with Gasteiger partial charge in [-0.15, -0.1) is 5.10 Å². The van der Waals surface area contributed by atoms with Crippen LogP contribution in [0.4, 0.5) is 0 Å². The molecule has 108 valence electrons. The van der Waals surface area contributed by atoms with E-state index in [9.17, 15) is 0 Å². The molecule has 22 heavy (non-hydrogen) atoms. The van der Waals surface area contributed by atoms with E-state index in [1.807, 2.05) is 18.2 Å². The van der Waals surface area contributed by atoms with Crippen LogP contribution in [0, 0.1) is 0 Å². The van der Waals surface area contributed by atoms with Crippen LogP contribution < -0.4 is 0 Å². The summed E-state index contributed by atoms with van der Waals surface area (Å²) in [5, 5.41) is 9.37. The number of rotatable bonds is 2. The zero-order valence-corrected chi connectivity index (χ0v) is 13.3. The van der Waals surface area contributed by atoms with Crippen molar-refractivity contribution in [3.8, 4) is 0 Å². The van der Waals surface area contributed by atoms with Crippen LogP contribution in [0.1, 0.15) is 18.5 Å². The molecule has 0 aliphatic rings. The van der Waals surface area contributed by atoms with Gasteiger partial charge in [0.2, 0.25) is 5.65 Å². The first-order chi connectivity index (χ1) is 10.7. The molecule has 4 aromatic rings. The van der Waals surface area contributed by atoms with E-state index >= 15 is 0 Å². The van der Waals surface area contributed by atoms with Gasteiger partial charge in [0.05, 0.1) is 17.8 Å². The van der Waals surface area contributed by atoms with Crippen molar-refractivity contribution in [2.75, 3.05) is 0 Å². The van der Waals surface area contributed by atoms with Crippen LogP contribution >= 0.6 is 15.9 Å². The highest BCUT2D eigenvalue weighted by Crippen LogP contribution is 2.23. The van der Waals surface area contributed by atoms with Gasteiger partial charge < -0.3 is 0 Å². The summed E-state index contributed by atoms with van der Waals surface area (Å²) >= 11 is 3.34. The lowest BCUT2D eigenvalue weighted by molar-refractivity contribution is 0.556. The Balaban J connectivity index is 1.84. The zero-order valence-electron chi connectivity index (χ0n) is 11.7. The van der Waals surface area contributed by atoms with Gasteiger partial charge >= 0.3 is 0 Å². The van der Waals surface area contributed by atoms with Crippen LogP contribution in [0.15, 0.2) is 47.3 Å². The van der Waals surface area contributed by atoms with Crippen molar-refractivity contribution in [2.24, 2.45) is 0 Å². The van der Waals surface area contributed by atoms with Gasteiger partial charge in [-0.25, -0.2) is 14.6 Å². The summed E-state index contributed by atoms with van der Waals surface area (Å²) in [4.78, 5) is 13.0. The first-order valence-electron chi connectivity index (χ1n) is 6.80. The molecule has 1 aromatic carbocycles. The molecule has 0 radical (unpaired) electrons. The maximum atomic E-state index is 4.42. The van der Waals surface area contributed by atoms with Crippen LogP contribution in [0.2, 0.25) is 0 Å². The molecule has 7 heteroatoms. The molecule has 6 nitrogen and oxygen atoms in total. The molecule has 4 rings (SSSR count). The highest BCUT2D eigenvalue weighted by molar-refractivity contribution is 9.10. The molecular weight excluding hydrogens is 344 g/mol. The minimum atomic E-state index is -0.00166. The van der Waals surface area contributed by atoms with E-state index < -0.39 is 0 Å². The average Bonchev–Trinajstić information content (AvgIpc) is 2.96. The number of hydrogen-bond acceptors (Lipinski definition) is 5. The fourth-order valence-corrected chi connectivity index (χ4v) is 2.74. The summed E-state index contributed by atoms with van der Waals surface area (Å²) in [6, 6.07) is 10.2. The van der Waals surface area contributed by atoms with E-state index in [0.717, 1.165) is 16.5 Å². The highest BCUT2D eigenvalue weighted by Gasteiger charge is 2.15. The first kappa shape index (κ1) is 13.3. The number of pyridine rings is 1. The molecule has 1 atom stereocenters. The van der Waals surface area contributed by atoms with E-state index in [2.05, 4.69) is 60.3 Å². The maximum absolute atomic E-state index is 4.42. The number of hydrogen-bond donors (Lipinski definition) is 0. The fraction of sp³-hybridized carbons (Fsp3) is 0.133. The van der Waals surface area contributed by atoms with Crippen molar-refractivity contribution in [3.63, 3.8) is 0 Å². The minimum absolute atomic E-state index is 0.00166. The lowest BCUT2D eigenvalue weighted by Crippen LogP contribution is -2.09. The molecule has 0 amide bonds. The Morgan fingerprint density at radius 2 is 2.09 bits per heavy atom.